The van der Waals surface area contributed by atoms with Crippen LogP contribution in [0.4, 0.5) is 0 Å². The van der Waals surface area contributed by atoms with Gasteiger partial charge in [0.2, 0.25) is 0 Å². The van der Waals surface area contributed by atoms with E-state index in [4.69, 9.17) is 23.7 Å². The zero-order valence-corrected chi connectivity index (χ0v) is 16.8. The van der Waals surface area contributed by atoms with Crippen LogP contribution >= 0.6 is 0 Å². The fourth-order valence-electron chi connectivity index (χ4n) is 1.79. The monoisotopic (exact) mass is 331 g/mol. The van der Waals surface area contributed by atoms with Gasteiger partial charge in [0.25, 0.3) is 0 Å². The predicted octanol–water partition coefficient (Wildman–Crippen LogP) is 0.253. The third-order valence-electron chi connectivity index (χ3n) is 3.25. The summed E-state index contributed by atoms with van der Waals surface area (Å²) in [5.74, 6) is 0. The van der Waals surface area contributed by atoms with Crippen LogP contribution in [0.2, 0.25) is 6.04 Å². The maximum Gasteiger partial charge on any atom is 0.372 e. The molecule has 1 aromatic rings. The Morgan fingerprint density at radius 1 is 1.14 bits per heavy atom. The largest absolute Gasteiger partial charge is 0.404 e. The highest BCUT2D eigenvalue weighted by Gasteiger charge is 2.36. The van der Waals surface area contributed by atoms with Gasteiger partial charge in [-0.1, -0.05) is 30.3 Å². The lowest BCUT2D eigenvalue weighted by atomic mass is 10.4. The van der Waals surface area contributed by atoms with Crippen molar-refractivity contribution in [2.24, 2.45) is 5.73 Å². The molecule has 1 unspecified atom stereocenters. The number of hydrogen-bond donors (Lipinski definition) is 1. The molecule has 0 bridgehead atoms. The van der Waals surface area contributed by atoms with Gasteiger partial charge in [0, 0.05) is 21.3 Å². The average molecular weight is 332 g/mol. The molecule has 1 atom stereocenters. The minimum absolute atomic E-state index is 0.00309. The molecule has 0 aromatic heterocycles. The van der Waals surface area contributed by atoms with Crippen LogP contribution in [0.5, 0.6) is 0 Å². The van der Waals surface area contributed by atoms with E-state index in [0.717, 1.165) is 23.0 Å². The minimum Gasteiger partial charge on any atom is -0.404 e. The first-order chi connectivity index (χ1) is 10.1. The molecule has 0 saturated heterocycles. The van der Waals surface area contributed by atoms with Gasteiger partial charge in [-0.3, -0.25) is 0 Å². The molecule has 0 aliphatic heterocycles. The zero-order chi connectivity index (χ0) is 16.1. The van der Waals surface area contributed by atoms with Gasteiger partial charge in [-0.25, -0.2) is 0 Å². The van der Waals surface area contributed by atoms with Gasteiger partial charge in [-0.15, -0.1) is 0 Å². The Kier molecular flexibility index (Phi) is 11.7. The first-order valence-corrected chi connectivity index (χ1v) is 9.85. The van der Waals surface area contributed by atoms with Crippen molar-refractivity contribution in [3.63, 3.8) is 0 Å². The number of methoxy groups -OCH3 is 1. The number of ether oxygens (including phenoxy) is 1. The molecule has 0 heterocycles. The van der Waals surface area contributed by atoms with Crippen LogP contribution < -0.4 is 10.9 Å². The summed E-state index contributed by atoms with van der Waals surface area (Å²) in [6.45, 7) is 2.54. The summed E-state index contributed by atoms with van der Waals surface area (Å²) in [5, 5.41) is 1.17. The highest BCUT2D eigenvalue weighted by atomic mass is 28.4. The van der Waals surface area contributed by atoms with Crippen molar-refractivity contribution in [3.05, 3.63) is 30.3 Å². The Labute approximate surface area is 132 Å². The first kappa shape index (κ1) is 20.5. The van der Waals surface area contributed by atoms with Gasteiger partial charge in [0.15, 0.2) is 0 Å². The molecule has 7 heteroatoms. The van der Waals surface area contributed by atoms with Crippen molar-refractivity contribution in [2.45, 2.75) is 25.7 Å². The third kappa shape index (κ3) is 7.32. The molecule has 5 nitrogen and oxygen atoms in total. The third-order valence-corrected chi connectivity index (χ3v) is 7.45. The second kappa shape index (κ2) is 12.0. The number of hydrogen-bond acceptors (Lipinski definition) is 5. The summed E-state index contributed by atoms with van der Waals surface area (Å²) in [6, 6.07) is 11.1. The normalized spacial score (nSPS) is 12.6. The van der Waals surface area contributed by atoms with E-state index in [1.807, 2.05) is 25.1 Å². The first-order valence-electron chi connectivity index (χ1n) is 7.01. The van der Waals surface area contributed by atoms with Gasteiger partial charge in [0.1, 0.15) is 16.8 Å². The van der Waals surface area contributed by atoms with Gasteiger partial charge < -0.3 is 23.7 Å². The molecule has 122 valence electrons. The summed E-state index contributed by atoms with van der Waals surface area (Å²) >= 11 is 0. The second-order valence-electron chi connectivity index (χ2n) is 4.46. The minimum atomic E-state index is -2.22. The molecule has 2 N–H and O–H groups in total. The summed E-state index contributed by atoms with van der Waals surface area (Å²) < 4.78 is 20.8. The van der Waals surface area contributed by atoms with Crippen molar-refractivity contribution in [2.75, 3.05) is 27.9 Å². The van der Waals surface area contributed by atoms with Gasteiger partial charge in [-0.2, -0.15) is 0 Å². The Morgan fingerprint density at radius 2 is 1.71 bits per heavy atom. The summed E-state index contributed by atoms with van der Waals surface area (Å²) in [5.41, 5.74) is 5.53. The van der Waals surface area contributed by atoms with Crippen molar-refractivity contribution in [1.29, 1.82) is 0 Å². The van der Waals surface area contributed by atoms with E-state index in [1.165, 1.54) is 5.19 Å². The molecule has 0 amide bonds. The zero-order valence-electron chi connectivity index (χ0n) is 13.8. The lowest BCUT2D eigenvalue weighted by molar-refractivity contribution is -0.0334. The quantitative estimate of drug-likeness (QED) is 0.547. The molecule has 1 aromatic carbocycles. The number of rotatable bonds is 8. The lowest BCUT2D eigenvalue weighted by Crippen LogP contribution is -2.52. The smallest absolute Gasteiger partial charge is 0.372 e. The molecule has 0 radical (unpaired) electrons. The van der Waals surface area contributed by atoms with E-state index in [1.54, 1.807) is 21.3 Å². The SMILES string of the molecule is COC(C)O[SiH3].CO[Si](CCCN)(OC)c1ccccc1. The van der Waals surface area contributed by atoms with Crippen LogP contribution in [-0.2, 0) is 18.0 Å². The van der Waals surface area contributed by atoms with Crippen LogP contribution in [0.3, 0.4) is 0 Å². The van der Waals surface area contributed by atoms with Crippen LogP contribution in [0.1, 0.15) is 13.3 Å². The molecule has 0 saturated carbocycles. The van der Waals surface area contributed by atoms with E-state index >= 15 is 0 Å². The molecular weight excluding hydrogens is 302 g/mol. The fourth-order valence-corrected chi connectivity index (χ4v) is 4.69. The molecule has 0 aliphatic carbocycles. The van der Waals surface area contributed by atoms with Crippen molar-refractivity contribution in [1.82, 2.24) is 0 Å². The number of nitrogens with two attached hydrogens (primary N) is 1. The van der Waals surface area contributed by atoms with Gasteiger partial charge in [0.05, 0.1) is 0 Å². The van der Waals surface area contributed by atoms with Crippen molar-refractivity contribution < 1.29 is 18.0 Å². The van der Waals surface area contributed by atoms with E-state index < -0.39 is 8.56 Å². The number of benzene rings is 1. The Hall–Kier alpha value is -0.546. The van der Waals surface area contributed by atoms with E-state index in [0.29, 0.717) is 6.54 Å². The average Bonchev–Trinajstić information content (AvgIpc) is 2.57. The highest BCUT2D eigenvalue weighted by Crippen LogP contribution is 2.14. The summed E-state index contributed by atoms with van der Waals surface area (Å²) in [4.78, 5) is 0. The molecule has 0 spiro atoms. The van der Waals surface area contributed by atoms with Gasteiger partial charge >= 0.3 is 8.56 Å². The molecule has 0 fully saturated rings. The van der Waals surface area contributed by atoms with E-state index in [2.05, 4.69) is 12.1 Å². The lowest BCUT2D eigenvalue weighted by Gasteiger charge is -2.27. The highest BCUT2D eigenvalue weighted by molar-refractivity contribution is 6.81. The van der Waals surface area contributed by atoms with Gasteiger partial charge in [-0.05, 0) is 31.1 Å². The Morgan fingerprint density at radius 3 is 2.05 bits per heavy atom. The summed E-state index contributed by atoms with van der Waals surface area (Å²) in [7, 11) is 3.61. The maximum absolute atomic E-state index is 5.64. The maximum atomic E-state index is 5.64. The Bertz CT molecular complexity index is 346. The van der Waals surface area contributed by atoms with Crippen LogP contribution in [0.15, 0.2) is 30.3 Å². The van der Waals surface area contributed by atoms with Crippen LogP contribution in [-0.4, -0.2) is 53.2 Å². The van der Waals surface area contributed by atoms with Crippen molar-refractivity contribution >= 4 is 24.2 Å². The Balaban J connectivity index is 0.000000567. The standard InChI is InChI=1S/C11H19NO2Si.C3H10O2Si/c1-13-15(14-2,10-6-9-12)11-7-4-3-5-8-11;1-3(4-2)5-6/h3-5,7-8H,6,9-10,12H2,1-2H3;3H,1-2,6H3. The van der Waals surface area contributed by atoms with Crippen molar-refractivity contribution in [3.8, 4) is 0 Å². The van der Waals surface area contributed by atoms with E-state index in [9.17, 15) is 0 Å². The second-order valence-corrected chi connectivity index (χ2v) is 8.33. The van der Waals surface area contributed by atoms with E-state index in [-0.39, 0.29) is 6.29 Å². The topological polar surface area (TPSA) is 62.9 Å². The van der Waals surface area contributed by atoms with Crippen LogP contribution in [0.25, 0.3) is 0 Å². The molecular formula is C14H29NO4Si2. The molecule has 1 rings (SSSR count). The van der Waals surface area contributed by atoms with Crippen LogP contribution in [0, 0.1) is 0 Å². The fraction of sp³-hybridized carbons (Fsp3) is 0.571. The summed E-state index contributed by atoms with van der Waals surface area (Å²) in [6.07, 6.45) is 0.930. The molecule has 21 heavy (non-hydrogen) atoms. The predicted molar refractivity (Wildman–Crippen MR) is 91.8 cm³/mol. The molecule has 0 aliphatic rings.